The lowest BCUT2D eigenvalue weighted by Crippen LogP contribution is -1.99. The zero-order valence-electron chi connectivity index (χ0n) is 9.25. The van der Waals surface area contributed by atoms with Gasteiger partial charge in [-0.1, -0.05) is 23.2 Å². The van der Waals surface area contributed by atoms with Gasteiger partial charge in [0.25, 0.3) is 0 Å². The summed E-state index contributed by atoms with van der Waals surface area (Å²) in [6.45, 7) is 0. The van der Waals surface area contributed by atoms with E-state index in [1.165, 1.54) is 31.6 Å². The number of halogens is 3. The van der Waals surface area contributed by atoms with E-state index >= 15 is 0 Å². The Morgan fingerprint density at radius 2 is 2.06 bits per heavy atom. The highest BCUT2D eigenvalue weighted by Crippen LogP contribution is 2.31. The molecule has 0 unspecified atom stereocenters. The van der Waals surface area contributed by atoms with Gasteiger partial charge in [-0.15, -0.1) is 0 Å². The number of aromatic nitrogens is 2. The van der Waals surface area contributed by atoms with E-state index in [4.69, 9.17) is 27.9 Å². The van der Waals surface area contributed by atoms with Crippen LogP contribution in [0.15, 0.2) is 24.5 Å². The predicted octanol–water partition coefficient (Wildman–Crippen LogP) is 3.67. The molecule has 0 saturated carbocycles. The van der Waals surface area contributed by atoms with Crippen LogP contribution in [-0.2, 0) is 0 Å². The third kappa shape index (κ3) is 2.63. The molecule has 7 heteroatoms. The second-order valence-corrected chi connectivity index (χ2v) is 4.07. The van der Waals surface area contributed by atoms with Crippen molar-refractivity contribution >= 4 is 34.7 Å². The lowest BCUT2D eigenvalue weighted by Gasteiger charge is -2.10. The minimum absolute atomic E-state index is 0.0131. The number of rotatable bonds is 3. The summed E-state index contributed by atoms with van der Waals surface area (Å²) in [5.74, 6) is 0.190. The zero-order valence-corrected chi connectivity index (χ0v) is 10.8. The molecule has 1 aromatic carbocycles. The van der Waals surface area contributed by atoms with E-state index in [9.17, 15) is 4.39 Å². The highest BCUT2D eigenvalue weighted by atomic mass is 35.5. The molecule has 0 bridgehead atoms. The molecule has 1 aromatic heterocycles. The lowest BCUT2D eigenvalue weighted by molar-refractivity contribution is 0.413. The topological polar surface area (TPSA) is 47.0 Å². The lowest BCUT2D eigenvalue weighted by atomic mass is 10.3. The fraction of sp³-hybridized carbons (Fsp3) is 0.0909. The van der Waals surface area contributed by atoms with E-state index in [1.807, 2.05) is 0 Å². The molecule has 4 nitrogen and oxygen atoms in total. The summed E-state index contributed by atoms with van der Waals surface area (Å²) in [6.07, 6.45) is 1.29. The first kappa shape index (κ1) is 12.9. The smallest absolute Gasteiger partial charge is 0.199 e. The molecule has 0 radical (unpaired) electrons. The van der Waals surface area contributed by atoms with Crippen molar-refractivity contribution in [1.29, 1.82) is 0 Å². The third-order valence-corrected chi connectivity index (χ3v) is 2.71. The zero-order chi connectivity index (χ0) is 13.1. The molecule has 0 spiro atoms. The Labute approximate surface area is 113 Å². The average Bonchev–Trinajstić information content (AvgIpc) is 2.34. The van der Waals surface area contributed by atoms with Gasteiger partial charge in [-0.2, -0.15) is 0 Å². The van der Waals surface area contributed by atoms with Gasteiger partial charge in [-0.05, 0) is 18.2 Å². The Morgan fingerprint density at radius 3 is 2.72 bits per heavy atom. The van der Waals surface area contributed by atoms with Gasteiger partial charge >= 0.3 is 0 Å². The first-order valence-corrected chi connectivity index (χ1v) is 5.64. The minimum Gasteiger partial charge on any atom is -0.490 e. The number of nitrogens with one attached hydrogen (secondary N) is 1. The van der Waals surface area contributed by atoms with Crippen molar-refractivity contribution in [1.82, 2.24) is 9.97 Å². The molecule has 0 amide bonds. The summed E-state index contributed by atoms with van der Waals surface area (Å²) in [6, 6.07) is 4.21. The van der Waals surface area contributed by atoms with Crippen molar-refractivity contribution in [2.24, 2.45) is 0 Å². The van der Waals surface area contributed by atoms with E-state index in [-0.39, 0.29) is 10.2 Å². The van der Waals surface area contributed by atoms with Crippen molar-refractivity contribution < 1.29 is 9.13 Å². The van der Waals surface area contributed by atoms with Gasteiger partial charge in [-0.3, -0.25) is 0 Å². The van der Waals surface area contributed by atoms with Crippen LogP contribution in [0.3, 0.4) is 0 Å². The molecule has 1 N–H and O–H groups in total. The monoisotopic (exact) mass is 287 g/mol. The first-order chi connectivity index (χ1) is 8.61. The fourth-order valence-corrected chi connectivity index (χ4v) is 1.72. The Hall–Kier alpha value is -1.59. The van der Waals surface area contributed by atoms with Crippen LogP contribution in [0.1, 0.15) is 0 Å². The van der Waals surface area contributed by atoms with Crippen LogP contribution in [0, 0.1) is 5.82 Å². The largest absolute Gasteiger partial charge is 0.490 e. The number of anilines is 2. The molecule has 2 rings (SSSR count). The quantitative estimate of drug-likeness (QED) is 0.875. The van der Waals surface area contributed by atoms with E-state index in [1.54, 1.807) is 0 Å². The maximum atomic E-state index is 13.0. The summed E-state index contributed by atoms with van der Waals surface area (Å²) in [4.78, 5) is 7.78. The number of benzene rings is 1. The van der Waals surface area contributed by atoms with E-state index in [0.29, 0.717) is 17.3 Å². The van der Waals surface area contributed by atoms with Crippen LogP contribution in [0.25, 0.3) is 0 Å². The van der Waals surface area contributed by atoms with E-state index in [0.717, 1.165) is 0 Å². The second kappa shape index (κ2) is 5.37. The summed E-state index contributed by atoms with van der Waals surface area (Å²) >= 11 is 11.5. The molecular formula is C11H8Cl2FN3O. The number of hydrogen-bond donors (Lipinski definition) is 1. The van der Waals surface area contributed by atoms with Crippen LogP contribution in [0.4, 0.5) is 15.9 Å². The Balaban J connectivity index is 2.34. The Morgan fingerprint density at radius 1 is 1.28 bits per heavy atom. The second-order valence-electron chi connectivity index (χ2n) is 3.30. The van der Waals surface area contributed by atoms with Crippen molar-refractivity contribution in [2.45, 2.75) is 0 Å². The van der Waals surface area contributed by atoms with Gasteiger partial charge in [0.2, 0.25) is 0 Å². The highest BCUT2D eigenvalue weighted by molar-refractivity contribution is 6.31. The third-order valence-electron chi connectivity index (χ3n) is 2.15. The number of nitrogens with zero attached hydrogens (tertiary/aromatic N) is 2. The number of ether oxygens (including phenoxy) is 1. The van der Waals surface area contributed by atoms with Crippen LogP contribution in [0.2, 0.25) is 10.2 Å². The SMILES string of the molecule is COc1c(Cl)ncnc1Nc1ccc(F)c(Cl)c1. The van der Waals surface area contributed by atoms with Crippen molar-refractivity contribution in [3.8, 4) is 5.75 Å². The van der Waals surface area contributed by atoms with Crippen molar-refractivity contribution in [2.75, 3.05) is 12.4 Å². The van der Waals surface area contributed by atoms with Crippen molar-refractivity contribution in [3.05, 3.63) is 40.5 Å². The number of hydrogen-bond acceptors (Lipinski definition) is 4. The van der Waals surface area contributed by atoms with Gasteiger partial charge in [0.05, 0.1) is 12.1 Å². The van der Waals surface area contributed by atoms with Crippen LogP contribution >= 0.6 is 23.2 Å². The first-order valence-electron chi connectivity index (χ1n) is 4.88. The molecule has 18 heavy (non-hydrogen) atoms. The average molecular weight is 288 g/mol. The molecule has 2 aromatic rings. The van der Waals surface area contributed by atoms with E-state index in [2.05, 4.69) is 15.3 Å². The maximum absolute atomic E-state index is 13.0. The highest BCUT2D eigenvalue weighted by Gasteiger charge is 2.11. The molecule has 94 valence electrons. The molecule has 0 atom stereocenters. The van der Waals surface area contributed by atoms with Crippen molar-refractivity contribution in [3.63, 3.8) is 0 Å². The normalized spacial score (nSPS) is 10.2. The summed E-state index contributed by atoms with van der Waals surface area (Å²) in [5, 5.41) is 3.12. The number of methoxy groups -OCH3 is 1. The fourth-order valence-electron chi connectivity index (χ4n) is 1.33. The minimum atomic E-state index is -0.491. The summed E-state index contributed by atoms with van der Waals surface area (Å²) in [5.41, 5.74) is 0.564. The van der Waals surface area contributed by atoms with Crippen LogP contribution in [0.5, 0.6) is 5.75 Å². The Bertz CT molecular complexity index is 580. The van der Waals surface area contributed by atoms with Gasteiger partial charge in [-0.25, -0.2) is 14.4 Å². The molecule has 0 fully saturated rings. The Kier molecular flexibility index (Phi) is 3.84. The van der Waals surface area contributed by atoms with Crippen LogP contribution in [-0.4, -0.2) is 17.1 Å². The van der Waals surface area contributed by atoms with Gasteiger partial charge in [0.1, 0.15) is 12.1 Å². The predicted molar refractivity (Wildman–Crippen MR) is 68.3 cm³/mol. The van der Waals surface area contributed by atoms with E-state index < -0.39 is 5.82 Å². The van der Waals surface area contributed by atoms with Gasteiger partial charge < -0.3 is 10.1 Å². The molecular weight excluding hydrogens is 280 g/mol. The molecule has 0 aliphatic carbocycles. The molecule has 0 aliphatic rings. The van der Waals surface area contributed by atoms with Gasteiger partial charge in [0.15, 0.2) is 16.7 Å². The summed E-state index contributed by atoms with van der Waals surface area (Å²) in [7, 11) is 1.45. The van der Waals surface area contributed by atoms with Gasteiger partial charge in [0, 0.05) is 5.69 Å². The summed E-state index contributed by atoms with van der Waals surface area (Å²) < 4.78 is 18.1. The maximum Gasteiger partial charge on any atom is 0.199 e. The standard InChI is InChI=1S/C11H8Cl2FN3O/c1-18-9-10(13)15-5-16-11(9)17-6-2-3-8(14)7(12)4-6/h2-5H,1H3,(H,15,16,17). The molecule has 0 saturated heterocycles. The molecule has 0 aliphatic heterocycles. The van der Waals surface area contributed by atoms with Crippen LogP contribution < -0.4 is 10.1 Å². The molecule has 1 heterocycles.